The predicted molar refractivity (Wildman–Crippen MR) is 90.2 cm³/mol. The quantitative estimate of drug-likeness (QED) is 0.660. The van der Waals surface area contributed by atoms with Gasteiger partial charge in [-0.15, -0.1) is 11.7 Å². The molecule has 1 aromatic rings. The second kappa shape index (κ2) is 6.08. The van der Waals surface area contributed by atoms with E-state index in [0.29, 0.717) is 12.0 Å². The Labute approximate surface area is 123 Å². The Balaban J connectivity index is 1.94. The molecule has 0 radical (unpaired) electrons. The Morgan fingerprint density at radius 2 is 2.00 bits per heavy atom. The summed E-state index contributed by atoms with van der Waals surface area (Å²) in [6, 6.07) is 9.29. The maximum Gasteiger partial charge on any atom is 0.0233 e. The van der Waals surface area contributed by atoms with E-state index in [2.05, 4.69) is 60.3 Å². The highest BCUT2D eigenvalue weighted by atomic mass is 33.1. The minimum absolute atomic E-state index is 0.320. The largest absolute Gasteiger partial charge is 0.328 e. The van der Waals surface area contributed by atoms with Crippen LogP contribution in [0, 0.1) is 5.92 Å². The number of hydrogen-bond donors (Lipinski definition) is 2. The lowest BCUT2D eigenvalue weighted by Crippen LogP contribution is -2.29. The molecule has 1 aliphatic heterocycles. The zero-order chi connectivity index (χ0) is 14.0. The third-order valence-corrected chi connectivity index (χ3v) is 6.02. The summed E-state index contributed by atoms with van der Waals surface area (Å²) in [5.74, 6) is 0.667. The summed E-state index contributed by atoms with van der Waals surface area (Å²) in [5, 5.41) is 0. The summed E-state index contributed by atoms with van der Waals surface area (Å²) in [5.41, 5.74) is 7.38. The van der Waals surface area contributed by atoms with Gasteiger partial charge >= 0.3 is 0 Å². The topological polar surface area (TPSA) is 29.3 Å². The van der Waals surface area contributed by atoms with Gasteiger partial charge in [0, 0.05) is 19.1 Å². The van der Waals surface area contributed by atoms with E-state index in [9.17, 15) is 0 Å². The summed E-state index contributed by atoms with van der Waals surface area (Å²) in [6.45, 7) is 5.49. The average Bonchev–Trinajstić information content (AvgIpc) is 2.77. The van der Waals surface area contributed by atoms with Gasteiger partial charge in [0.2, 0.25) is 0 Å². The fraction of sp³-hybridized carbons (Fsp3) is 0.600. The number of nitrogens with zero attached hydrogens (tertiary/aromatic N) is 1. The zero-order valence-electron chi connectivity index (χ0n) is 12.2. The van der Waals surface area contributed by atoms with E-state index in [0.717, 1.165) is 13.1 Å². The van der Waals surface area contributed by atoms with E-state index in [-0.39, 0.29) is 0 Å². The number of benzene rings is 1. The van der Waals surface area contributed by atoms with Crippen LogP contribution in [0.3, 0.4) is 0 Å². The summed E-state index contributed by atoms with van der Waals surface area (Å²) < 4.78 is 0. The Kier molecular flexibility index (Phi) is 4.88. The highest BCUT2D eigenvalue weighted by Crippen LogP contribution is 2.53. The monoisotopic (exact) mass is 298 g/mol. The number of hydrogen-bond acceptors (Lipinski definition) is 3. The summed E-state index contributed by atoms with van der Waals surface area (Å²) in [7, 11) is -0.903. The number of likely N-dealkylation sites (tertiary alicyclic amines) is 1. The molecule has 1 heterocycles. The van der Waals surface area contributed by atoms with Gasteiger partial charge in [-0.05, 0) is 60.9 Å². The van der Waals surface area contributed by atoms with Crippen LogP contribution < -0.4 is 5.73 Å². The lowest BCUT2D eigenvalue weighted by atomic mass is 10.0. The standard InChI is InChI=1S/C15H26N2S2/c1-12(16)14-8-9-17(11-14)10-13-4-6-15(7-5-13)19(2,3)18/h4-7,12,14,18H,8-11,16H2,1-3H3. The van der Waals surface area contributed by atoms with Gasteiger partial charge in [0.05, 0.1) is 0 Å². The van der Waals surface area contributed by atoms with Crippen molar-refractivity contribution in [2.75, 3.05) is 25.6 Å². The van der Waals surface area contributed by atoms with Gasteiger partial charge < -0.3 is 5.73 Å². The molecule has 0 amide bonds. The van der Waals surface area contributed by atoms with Gasteiger partial charge in [0.25, 0.3) is 0 Å². The molecule has 1 saturated heterocycles. The molecule has 0 saturated carbocycles. The molecule has 2 unspecified atom stereocenters. The van der Waals surface area contributed by atoms with Crippen molar-refractivity contribution in [2.24, 2.45) is 11.7 Å². The number of rotatable bonds is 4. The van der Waals surface area contributed by atoms with Gasteiger partial charge in [-0.25, -0.2) is 0 Å². The van der Waals surface area contributed by atoms with E-state index in [1.54, 1.807) is 0 Å². The number of thiol groups is 1. The molecule has 2 atom stereocenters. The summed E-state index contributed by atoms with van der Waals surface area (Å²) in [4.78, 5) is 3.87. The molecule has 1 aliphatic rings. The van der Waals surface area contributed by atoms with Crippen LogP contribution in [0.15, 0.2) is 29.2 Å². The van der Waals surface area contributed by atoms with Crippen molar-refractivity contribution in [3.05, 3.63) is 29.8 Å². The van der Waals surface area contributed by atoms with Crippen LogP contribution in [0.25, 0.3) is 0 Å². The predicted octanol–water partition coefficient (Wildman–Crippen LogP) is 3.12. The molecule has 108 valence electrons. The highest BCUT2D eigenvalue weighted by molar-refractivity contribution is 8.87. The molecule has 0 aromatic heterocycles. The summed E-state index contributed by atoms with van der Waals surface area (Å²) in [6.07, 6.45) is 5.65. The minimum atomic E-state index is -0.903. The van der Waals surface area contributed by atoms with Crippen LogP contribution in [-0.4, -0.2) is 36.5 Å². The SMILES string of the molecule is CC(N)C1CCN(Cc2ccc(S(C)(C)S)cc2)C1. The molecular formula is C15H26N2S2. The fourth-order valence-electron chi connectivity index (χ4n) is 2.62. The molecular weight excluding hydrogens is 272 g/mol. The van der Waals surface area contributed by atoms with E-state index in [1.165, 1.54) is 23.4 Å². The molecule has 1 fully saturated rings. The molecule has 0 bridgehead atoms. The summed E-state index contributed by atoms with van der Waals surface area (Å²) >= 11 is 4.69. The Hall–Kier alpha value is -0.160. The first kappa shape index (κ1) is 15.2. The maximum absolute atomic E-state index is 5.99. The fourth-order valence-corrected chi connectivity index (χ4v) is 3.79. The van der Waals surface area contributed by atoms with E-state index < -0.39 is 9.06 Å². The van der Waals surface area contributed by atoms with Crippen LogP contribution in [0.5, 0.6) is 0 Å². The molecule has 1 aromatic carbocycles. The molecule has 2 N–H and O–H groups in total. The molecule has 4 heteroatoms. The van der Waals surface area contributed by atoms with Crippen LogP contribution in [-0.2, 0) is 6.54 Å². The Morgan fingerprint density at radius 3 is 2.47 bits per heavy atom. The van der Waals surface area contributed by atoms with Crippen molar-refractivity contribution in [3.8, 4) is 0 Å². The molecule has 0 aliphatic carbocycles. The zero-order valence-corrected chi connectivity index (χ0v) is 13.9. The molecule has 19 heavy (non-hydrogen) atoms. The van der Waals surface area contributed by atoms with Crippen molar-refractivity contribution in [3.63, 3.8) is 0 Å². The van der Waals surface area contributed by atoms with Gasteiger partial charge in [-0.2, -0.15) is 9.06 Å². The average molecular weight is 299 g/mol. The first-order chi connectivity index (χ1) is 8.86. The van der Waals surface area contributed by atoms with E-state index in [1.807, 2.05) is 0 Å². The second-order valence-corrected chi connectivity index (χ2v) is 11.8. The Morgan fingerprint density at radius 1 is 1.37 bits per heavy atom. The first-order valence-electron chi connectivity index (χ1n) is 6.89. The lowest BCUT2D eigenvalue weighted by molar-refractivity contribution is 0.308. The van der Waals surface area contributed by atoms with Crippen molar-refractivity contribution < 1.29 is 0 Å². The van der Waals surface area contributed by atoms with Crippen LogP contribution in [0.2, 0.25) is 0 Å². The van der Waals surface area contributed by atoms with E-state index in [4.69, 9.17) is 5.73 Å². The van der Waals surface area contributed by atoms with Crippen molar-refractivity contribution in [2.45, 2.75) is 30.8 Å². The van der Waals surface area contributed by atoms with Crippen LogP contribution in [0.4, 0.5) is 0 Å². The van der Waals surface area contributed by atoms with Crippen LogP contribution in [0.1, 0.15) is 18.9 Å². The normalized spacial score (nSPS) is 23.5. The van der Waals surface area contributed by atoms with Crippen LogP contribution >= 0.6 is 20.7 Å². The second-order valence-electron chi connectivity index (χ2n) is 6.06. The number of nitrogens with two attached hydrogens (primary N) is 1. The van der Waals surface area contributed by atoms with Gasteiger partial charge in [0.1, 0.15) is 0 Å². The lowest BCUT2D eigenvalue weighted by Gasteiger charge is -2.25. The molecule has 2 rings (SSSR count). The van der Waals surface area contributed by atoms with Crippen molar-refractivity contribution in [1.82, 2.24) is 4.90 Å². The van der Waals surface area contributed by atoms with Gasteiger partial charge in [0.15, 0.2) is 0 Å². The molecule has 0 spiro atoms. The Bertz CT molecular complexity index is 409. The maximum atomic E-state index is 5.99. The highest BCUT2D eigenvalue weighted by Gasteiger charge is 2.24. The minimum Gasteiger partial charge on any atom is -0.328 e. The van der Waals surface area contributed by atoms with Gasteiger partial charge in [-0.1, -0.05) is 12.1 Å². The third-order valence-electron chi connectivity index (χ3n) is 3.96. The van der Waals surface area contributed by atoms with Crippen molar-refractivity contribution in [1.29, 1.82) is 0 Å². The molecule has 2 nitrogen and oxygen atoms in total. The van der Waals surface area contributed by atoms with Gasteiger partial charge in [-0.3, -0.25) is 4.90 Å². The third kappa shape index (κ3) is 4.15. The van der Waals surface area contributed by atoms with E-state index >= 15 is 0 Å². The smallest absolute Gasteiger partial charge is 0.0233 e. The first-order valence-corrected chi connectivity index (χ1v) is 10.4. The van der Waals surface area contributed by atoms with Crippen molar-refractivity contribution >= 4 is 20.7 Å².